The first-order valence-electron chi connectivity index (χ1n) is 7.65. The van der Waals surface area contributed by atoms with E-state index < -0.39 is 0 Å². The van der Waals surface area contributed by atoms with E-state index in [4.69, 9.17) is 4.74 Å². The van der Waals surface area contributed by atoms with Gasteiger partial charge in [0.1, 0.15) is 0 Å². The van der Waals surface area contributed by atoms with Gasteiger partial charge >= 0.3 is 5.97 Å². The van der Waals surface area contributed by atoms with Crippen LogP contribution in [-0.2, 0) is 14.3 Å². The first-order valence-corrected chi connectivity index (χ1v) is 7.65. The van der Waals surface area contributed by atoms with Crippen molar-refractivity contribution in [3.8, 4) is 0 Å². The van der Waals surface area contributed by atoms with Crippen molar-refractivity contribution in [1.29, 1.82) is 0 Å². The highest BCUT2D eigenvalue weighted by Gasteiger charge is 2.40. The molecule has 3 aliphatic rings. The summed E-state index contributed by atoms with van der Waals surface area (Å²) in [4.78, 5) is 26.2. The molecule has 21 heavy (non-hydrogen) atoms. The molecule has 0 bridgehead atoms. The number of nitrogens with zero attached hydrogens (tertiary/aromatic N) is 1. The minimum Gasteiger partial charge on any atom is -0.462 e. The van der Waals surface area contributed by atoms with E-state index >= 15 is 0 Å². The van der Waals surface area contributed by atoms with Crippen LogP contribution in [0.2, 0.25) is 0 Å². The summed E-state index contributed by atoms with van der Waals surface area (Å²) >= 11 is 0. The highest BCUT2D eigenvalue weighted by Crippen LogP contribution is 2.39. The Morgan fingerprint density at radius 1 is 1.48 bits per heavy atom. The molecular weight excluding hydrogens is 266 g/mol. The predicted octanol–water partition coefficient (Wildman–Crippen LogP) is 1.88. The lowest BCUT2D eigenvalue weighted by molar-refractivity contribution is -0.138. The Hall–Kier alpha value is -1.68. The number of ether oxygens (including phenoxy) is 1. The van der Waals surface area contributed by atoms with Crippen molar-refractivity contribution in [2.45, 2.75) is 26.3 Å². The van der Waals surface area contributed by atoms with Gasteiger partial charge in [0.25, 0.3) is 0 Å². The molecule has 0 radical (unpaired) electrons. The fourth-order valence-electron chi connectivity index (χ4n) is 3.59. The minimum absolute atomic E-state index is 0.167. The zero-order valence-electron chi connectivity index (χ0n) is 12.5. The molecule has 1 fully saturated rings. The van der Waals surface area contributed by atoms with Crippen molar-refractivity contribution in [2.24, 2.45) is 11.8 Å². The van der Waals surface area contributed by atoms with Crippen LogP contribution in [0.4, 0.5) is 0 Å². The molecule has 0 spiro atoms. The maximum absolute atomic E-state index is 12.0. The summed E-state index contributed by atoms with van der Waals surface area (Å²) in [5.74, 6) is 0.407. The molecule has 1 aliphatic carbocycles. The fourth-order valence-corrected chi connectivity index (χ4v) is 3.59. The molecular formula is C17H21NO3. The third kappa shape index (κ3) is 2.60. The van der Waals surface area contributed by atoms with Crippen LogP contribution < -0.4 is 0 Å². The quantitative estimate of drug-likeness (QED) is 0.728. The largest absolute Gasteiger partial charge is 0.462 e. The van der Waals surface area contributed by atoms with Crippen LogP contribution in [0.15, 0.2) is 35.5 Å². The maximum atomic E-state index is 12.0. The second kappa shape index (κ2) is 5.60. The molecule has 3 unspecified atom stereocenters. The van der Waals surface area contributed by atoms with Crippen LogP contribution in [0, 0.1) is 11.8 Å². The van der Waals surface area contributed by atoms with E-state index in [0.29, 0.717) is 24.6 Å². The fraction of sp³-hybridized carbons (Fsp3) is 0.529. The van der Waals surface area contributed by atoms with Crippen LogP contribution in [-0.4, -0.2) is 42.4 Å². The molecule has 0 saturated carbocycles. The van der Waals surface area contributed by atoms with Gasteiger partial charge in [0.2, 0.25) is 0 Å². The van der Waals surface area contributed by atoms with E-state index in [9.17, 15) is 9.59 Å². The normalized spacial score (nSPS) is 31.9. The Morgan fingerprint density at radius 3 is 3.05 bits per heavy atom. The highest BCUT2D eigenvalue weighted by molar-refractivity contribution is 5.93. The van der Waals surface area contributed by atoms with Crippen LogP contribution in [0.3, 0.4) is 0 Å². The second-order valence-electron chi connectivity index (χ2n) is 5.97. The van der Waals surface area contributed by atoms with Crippen LogP contribution in [0.25, 0.3) is 0 Å². The van der Waals surface area contributed by atoms with Crippen LogP contribution in [0.1, 0.15) is 20.3 Å². The first-order chi connectivity index (χ1) is 10.1. The third-order valence-electron chi connectivity index (χ3n) is 4.57. The van der Waals surface area contributed by atoms with Crippen molar-refractivity contribution in [2.75, 3.05) is 19.7 Å². The summed E-state index contributed by atoms with van der Waals surface area (Å²) in [6.07, 6.45) is 8.63. The Bertz CT molecular complexity index is 558. The van der Waals surface area contributed by atoms with Crippen molar-refractivity contribution in [3.05, 3.63) is 35.5 Å². The van der Waals surface area contributed by atoms with Gasteiger partial charge in [-0.15, -0.1) is 0 Å². The summed E-state index contributed by atoms with van der Waals surface area (Å²) in [5, 5.41) is 0. The van der Waals surface area contributed by atoms with Crippen molar-refractivity contribution in [3.63, 3.8) is 0 Å². The molecule has 4 heteroatoms. The number of allylic oxidation sites excluding steroid dienone is 1. The standard InChI is InChI=1S/C17H21NO3/c1-3-21-17(20)13-8-12-6-7-18-10-14(19)5-4-11(2)15(9-13)16(12)18/h4-5,8-9,11-12,16H,3,6-7,10H2,1-2H3. The van der Waals surface area contributed by atoms with Crippen molar-refractivity contribution in [1.82, 2.24) is 4.90 Å². The van der Waals surface area contributed by atoms with E-state index in [1.54, 1.807) is 6.08 Å². The van der Waals surface area contributed by atoms with Gasteiger partial charge in [0.15, 0.2) is 5.78 Å². The average molecular weight is 287 g/mol. The van der Waals surface area contributed by atoms with Crippen molar-refractivity contribution < 1.29 is 14.3 Å². The summed E-state index contributed by atoms with van der Waals surface area (Å²) < 4.78 is 5.14. The van der Waals surface area contributed by atoms with Gasteiger partial charge < -0.3 is 4.74 Å². The molecule has 1 saturated heterocycles. The Labute approximate surface area is 125 Å². The lowest BCUT2D eigenvalue weighted by atomic mass is 9.79. The summed E-state index contributed by atoms with van der Waals surface area (Å²) in [6.45, 7) is 5.68. The summed E-state index contributed by atoms with van der Waals surface area (Å²) in [5.41, 5.74) is 1.90. The third-order valence-corrected chi connectivity index (χ3v) is 4.57. The highest BCUT2D eigenvalue weighted by atomic mass is 16.5. The first kappa shape index (κ1) is 14.3. The predicted molar refractivity (Wildman–Crippen MR) is 79.6 cm³/mol. The van der Waals surface area contributed by atoms with Gasteiger partial charge in [0, 0.05) is 6.04 Å². The van der Waals surface area contributed by atoms with Crippen LogP contribution in [0.5, 0.6) is 0 Å². The van der Waals surface area contributed by atoms with Gasteiger partial charge in [-0.3, -0.25) is 9.69 Å². The minimum atomic E-state index is -0.240. The lowest BCUT2D eigenvalue weighted by Gasteiger charge is -2.35. The number of carbonyl (C=O) groups is 2. The number of carbonyl (C=O) groups excluding carboxylic acids is 2. The zero-order chi connectivity index (χ0) is 15.0. The molecule has 3 rings (SSSR count). The number of esters is 1. The average Bonchev–Trinajstić information content (AvgIpc) is 2.86. The lowest BCUT2D eigenvalue weighted by Crippen LogP contribution is -2.41. The maximum Gasteiger partial charge on any atom is 0.337 e. The zero-order valence-corrected chi connectivity index (χ0v) is 12.5. The van der Waals surface area contributed by atoms with Gasteiger partial charge in [-0.05, 0) is 49.5 Å². The van der Waals surface area contributed by atoms with E-state index in [2.05, 4.69) is 11.8 Å². The Kier molecular flexibility index (Phi) is 3.81. The topological polar surface area (TPSA) is 46.6 Å². The van der Waals surface area contributed by atoms with Gasteiger partial charge in [-0.1, -0.05) is 19.1 Å². The molecule has 2 heterocycles. The van der Waals surface area contributed by atoms with Crippen LogP contribution >= 0.6 is 0 Å². The van der Waals surface area contributed by atoms with E-state index in [1.165, 1.54) is 5.57 Å². The van der Waals surface area contributed by atoms with Gasteiger partial charge in [-0.25, -0.2) is 4.79 Å². The molecule has 4 nitrogen and oxygen atoms in total. The smallest absolute Gasteiger partial charge is 0.337 e. The molecule has 0 aromatic rings. The molecule has 3 atom stereocenters. The van der Waals surface area contributed by atoms with E-state index in [1.807, 2.05) is 25.2 Å². The second-order valence-corrected chi connectivity index (χ2v) is 5.97. The number of hydrogen-bond acceptors (Lipinski definition) is 4. The molecule has 112 valence electrons. The summed E-state index contributed by atoms with van der Waals surface area (Å²) in [7, 11) is 0. The number of hydrogen-bond donors (Lipinski definition) is 0. The molecule has 2 aliphatic heterocycles. The molecule has 0 N–H and O–H groups in total. The molecule has 0 amide bonds. The Morgan fingerprint density at radius 2 is 2.29 bits per heavy atom. The molecule has 0 aromatic carbocycles. The van der Waals surface area contributed by atoms with E-state index in [0.717, 1.165) is 13.0 Å². The van der Waals surface area contributed by atoms with Gasteiger partial charge in [0.05, 0.1) is 18.7 Å². The van der Waals surface area contributed by atoms with Crippen molar-refractivity contribution >= 4 is 11.8 Å². The molecule has 0 aromatic heterocycles. The SMILES string of the molecule is CCOC(=O)C1=CC2CCN3CC(=O)C=CC(C)C(=C1)C23. The number of rotatable bonds is 2. The number of ketones is 1. The van der Waals surface area contributed by atoms with E-state index in [-0.39, 0.29) is 23.7 Å². The monoisotopic (exact) mass is 287 g/mol. The Balaban J connectivity index is 1.98. The summed E-state index contributed by atoms with van der Waals surface area (Å²) in [6, 6.07) is 0.257. The van der Waals surface area contributed by atoms with Gasteiger partial charge in [-0.2, -0.15) is 0 Å².